The first-order valence-corrected chi connectivity index (χ1v) is 7.21. The van der Waals surface area contributed by atoms with E-state index in [4.69, 9.17) is 0 Å². The summed E-state index contributed by atoms with van der Waals surface area (Å²) in [6.07, 6.45) is 3.10. The molecule has 1 aromatic heterocycles. The Labute approximate surface area is 125 Å². The van der Waals surface area contributed by atoms with Crippen LogP contribution in [0.25, 0.3) is 0 Å². The van der Waals surface area contributed by atoms with Crippen LogP contribution in [0.2, 0.25) is 0 Å². The number of aliphatic hydroxyl groups is 1. The van der Waals surface area contributed by atoms with Crippen molar-refractivity contribution >= 4 is 11.6 Å². The Kier molecular flexibility index (Phi) is 5.51. The summed E-state index contributed by atoms with van der Waals surface area (Å²) >= 11 is 0. The summed E-state index contributed by atoms with van der Waals surface area (Å²) in [6.45, 7) is 2.12. The van der Waals surface area contributed by atoms with Crippen LogP contribution in [-0.2, 0) is 12.8 Å². The number of rotatable bonds is 7. The fourth-order valence-corrected chi connectivity index (χ4v) is 2.34. The van der Waals surface area contributed by atoms with E-state index < -0.39 is 0 Å². The average Bonchev–Trinajstić information content (AvgIpc) is 2.54. The Balaban J connectivity index is 2.15. The number of aliphatic hydroxyl groups excluding tert-OH is 1. The van der Waals surface area contributed by atoms with Crippen LogP contribution in [-0.4, -0.2) is 34.8 Å². The molecule has 0 aliphatic carbocycles. The van der Waals surface area contributed by atoms with Crippen molar-refractivity contribution in [1.82, 2.24) is 9.97 Å². The number of nitrogens with one attached hydrogen (secondary N) is 2. The summed E-state index contributed by atoms with van der Waals surface area (Å²) < 4.78 is 0. The minimum atomic E-state index is -0.0719. The molecule has 3 N–H and O–H groups in total. The molecule has 0 radical (unpaired) electrons. The lowest BCUT2D eigenvalue weighted by Gasteiger charge is -2.19. The summed E-state index contributed by atoms with van der Waals surface area (Å²) in [5, 5.41) is 16.0. The second kappa shape index (κ2) is 7.59. The van der Waals surface area contributed by atoms with E-state index in [0.717, 1.165) is 30.0 Å². The van der Waals surface area contributed by atoms with Gasteiger partial charge < -0.3 is 15.7 Å². The Morgan fingerprint density at radius 2 is 1.86 bits per heavy atom. The van der Waals surface area contributed by atoms with Crippen molar-refractivity contribution in [3.8, 4) is 0 Å². The highest BCUT2D eigenvalue weighted by atomic mass is 16.3. The summed E-state index contributed by atoms with van der Waals surface area (Å²) in [4.78, 5) is 8.54. The molecule has 0 saturated heterocycles. The second-order valence-corrected chi connectivity index (χ2v) is 4.87. The smallest absolute Gasteiger partial charge is 0.135 e. The van der Waals surface area contributed by atoms with Crippen LogP contribution in [0.15, 0.2) is 36.7 Å². The first-order chi connectivity index (χ1) is 10.3. The number of hydrogen-bond donors (Lipinski definition) is 3. The highest BCUT2D eigenvalue weighted by molar-refractivity contribution is 5.57. The van der Waals surface area contributed by atoms with Gasteiger partial charge in [0.1, 0.15) is 18.0 Å². The largest absolute Gasteiger partial charge is 0.394 e. The predicted octanol–water partition coefficient (Wildman–Crippen LogP) is 2.10. The van der Waals surface area contributed by atoms with Crippen LogP contribution in [0.5, 0.6) is 0 Å². The lowest BCUT2D eigenvalue weighted by atomic mass is 10.1. The molecule has 1 unspecified atom stereocenters. The van der Waals surface area contributed by atoms with Crippen molar-refractivity contribution in [2.75, 3.05) is 24.3 Å². The molecule has 21 heavy (non-hydrogen) atoms. The lowest BCUT2D eigenvalue weighted by molar-refractivity contribution is 0.273. The van der Waals surface area contributed by atoms with Gasteiger partial charge in [0.2, 0.25) is 0 Å². The van der Waals surface area contributed by atoms with E-state index in [-0.39, 0.29) is 12.6 Å². The molecular weight excluding hydrogens is 264 g/mol. The zero-order valence-corrected chi connectivity index (χ0v) is 12.5. The highest BCUT2D eigenvalue weighted by Gasteiger charge is 2.14. The van der Waals surface area contributed by atoms with Gasteiger partial charge in [0.25, 0.3) is 0 Å². The molecule has 0 saturated carbocycles. The number of nitrogens with zero attached hydrogens (tertiary/aromatic N) is 2. The van der Waals surface area contributed by atoms with E-state index >= 15 is 0 Å². The van der Waals surface area contributed by atoms with Crippen molar-refractivity contribution in [1.29, 1.82) is 0 Å². The summed E-state index contributed by atoms with van der Waals surface area (Å²) in [5.74, 6) is 1.61. The Hall–Kier alpha value is -2.14. The molecule has 0 fully saturated rings. The number of benzene rings is 1. The van der Waals surface area contributed by atoms with Crippen LogP contribution < -0.4 is 10.6 Å². The van der Waals surface area contributed by atoms with Crippen molar-refractivity contribution in [2.24, 2.45) is 0 Å². The predicted molar refractivity (Wildman–Crippen MR) is 85.6 cm³/mol. The third-order valence-electron chi connectivity index (χ3n) is 3.42. The van der Waals surface area contributed by atoms with Crippen LogP contribution in [0.3, 0.4) is 0 Å². The summed E-state index contributed by atoms with van der Waals surface area (Å²) in [5.41, 5.74) is 2.22. The first-order valence-electron chi connectivity index (χ1n) is 7.21. The summed E-state index contributed by atoms with van der Waals surface area (Å²) in [7, 11) is 1.85. The molecule has 112 valence electrons. The molecule has 5 heteroatoms. The number of aromatic nitrogens is 2. The zero-order valence-electron chi connectivity index (χ0n) is 12.5. The molecule has 1 atom stereocenters. The van der Waals surface area contributed by atoms with E-state index in [1.807, 2.05) is 25.2 Å². The zero-order chi connectivity index (χ0) is 15.1. The van der Waals surface area contributed by atoms with Gasteiger partial charge >= 0.3 is 0 Å². The van der Waals surface area contributed by atoms with Gasteiger partial charge in [0.15, 0.2) is 0 Å². The van der Waals surface area contributed by atoms with Gasteiger partial charge in [0.05, 0.1) is 12.6 Å². The molecule has 0 bridgehead atoms. The van der Waals surface area contributed by atoms with Gasteiger partial charge in [-0.15, -0.1) is 0 Å². The fraction of sp³-hybridized carbons (Fsp3) is 0.375. The topological polar surface area (TPSA) is 70.1 Å². The normalized spacial score (nSPS) is 12.0. The van der Waals surface area contributed by atoms with Crippen LogP contribution >= 0.6 is 0 Å². The molecule has 1 aromatic carbocycles. The SMILES string of the molecule is CCc1c(NC)ncnc1NC(CO)Cc1ccccc1. The monoisotopic (exact) mass is 286 g/mol. The molecule has 0 aliphatic rings. The molecular formula is C16H22N4O. The maximum absolute atomic E-state index is 9.62. The summed E-state index contributed by atoms with van der Waals surface area (Å²) in [6, 6.07) is 10.0. The van der Waals surface area contributed by atoms with Gasteiger partial charge in [-0.3, -0.25) is 0 Å². The van der Waals surface area contributed by atoms with E-state index in [9.17, 15) is 5.11 Å². The molecule has 0 spiro atoms. The van der Waals surface area contributed by atoms with Gasteiger partial charge in [-0.1, -0.05) is 37.3 Å². The lowest BCUT2D eigenvalue weighted by Crippen LogP contribution is -2.27. The van der Waals surface area contributed by atoms with Gasteiger partial charge in [-0.25, -0.2) is 9.97 Å². The minimum Gasteiger partial charge on any atom is -0.394 e. The van der Waals surface area contributed by atoms with Crippen molar-refractivity contribution in [3.63, 3.8) is 0 Å². The highest BCUT2D eigenvalue weighted by Crippen LogP contribution is 2.21. The van der Waals surface area contributed by atoms with E-state index in [1.165, 1.54) is 11.9 Å². The Morgan fingerprint density at radius 3 is 2.48 bits per heavy atom. The number of hydrogen-bond acceptors (Lipinski definition) is 5. The fourth-order valence-electron chi connectivity index (χ4n) is 2.34. The van der Waals surface area contributed by atoms with Gasteiger partial charge in [-0.2, -0.15) is 0 Å². The molecule has 1 heterocycles. The van der Waals surface area contributed by atoms with Crippen LogP contribution in [0.4, 0.5) is 11.6 Å². The minimum absolute atomic E-state index is 0.0525. The molecule has 5 nitrogen and oxygen atoms in total. The van der Waals surface area contributed by atoms with Gasteiger partial charge in [-0.05, 0) is 18.4 Å². The maximum Gasteiger partial charge on any atom is 0.135 e. The van der Waals surface area contributed by atoms with E-state index in [2.05, 4.69) is 39.7 Å². The van der Waals surface area contributed by atoms with E-state index in [0.29, 0.717) is 0 Å². The third-order valence-corrected chi connectivity index (χ3v) is 3.42. The molecule has 0 aliphatic heterocycles. The maximum atomic E-state index is 9.62. The van der Waals surface area contributed by atoms with Crippen molar-refractivity contribution < 1.29 is 5.11 Å². The van der Waals surface area contributed by atoms with E-state index in [1.54, 1.807) is 0 Å². The van der Waals surface area contributed by atoms with Gasteiger partial charge in [0, 0.05) is 12.6 Å². The standard InChI is InChI=1S/C16H22N4O/c1-3-14-15(17-2)18-11-19-16(14)20-13(10-21)9-12-7-5-4-6-8-12/h4-8,11,13,21H,3,9-10H2,1-2H3,(H2,17,18,19,20). The average molecular weight is 286 g/mol. The van der Waals surface area contributed by atoms with Crippen LogP contribution in [0, 0.1) is 0 Å². The van der Waals surface area contributed by atoms with Crippen LogP contribution in [0.1, 0.15) is 18.1 Å². The van der Waals surface area contributed by atoms with Crippen molar-refractivity contribution in [3.05, 3.63) is 47.8 Å². The molecule has 2 rings (SSSR count). The quantitative estimate of drug-likeness (QED) is 0.727. The second-order valence-electron chi connectivity index (χ2n) is 4.87. The third kappa shape index (κ3) is 3.92. The Bertz CT molecular complexity index is 559. The Morgan fingerprint density at radius 1 is 1.14 bits per heavy atom. The van der Waals surface area contributed by atoms with Crippen molar-refractivity contribution in [2.45, 2.75) is 25.8 Å². The number of anilines is 2. The molecule has 2 aromatic rings. The molecule has 0 amide bonds. The first kappa shape index (κ1) is 15.3.